The number of hydrogen-bond acceptors (Lipinski definition) is 3. The van der Waals surface area contributed by atoms with Crippen LogP contribution in [0, 0.1) is 11.6 Å². The van der Waals surface area contributed by atoms with Crippen molar-refractivity contribution in [1.82, 2.24) is 9.55 Å². The number of nitrogens with zero attached hydrogens (tertiary/aromatic N) is 2. The van der Waals surface area contributed by atoms with Gasteiger partial charge in [0.15, 0.2) is 10.9 Å². The number of hydrogen-bond donors (Lipinski definition) is 0. The third-order valence-corrected chi connectivity index (χ3v) is 7.67. The van der Waals surface area contributed by atoms with Crippen LogP contribution in [0.4, 0.5) is 8.78 Å². The summed E-state index contributed by atoms with van der Waals surface area (Å²) in [7, 11) is 1.51. The van der Waals surface area contributed by atoms with Crippen molar-refractivity contribution in [2.75, 3.05) is 7.11 Å². The van der Waals surface area contributed by atoms with Crippen LogP contribution in [0.1, 0.15) is 30.7 Å². The van der Waals surface area contributed by atoms with E-state index in [0.29, 0.717) is 31.7 Å². The fraction of sp³-hybridized carbons (Fsp3) is 0.192. The van der Waals surface area contributed by atoms with E-state index in [9.17, 15) is 8.78 Å². The Balaban J connectivity index is 1.80. The van der Waals surface area contributed by atoms with Crippen molar-refractivity contribution < 1.29 is 13.5 Å². The average molecular weight is 554 g/mol. The molecule has 4 aromatic rings. The first-order valence-corrected chi connectivity index (χ1v) is 12.7. The topological polar surface area (TPSA) is 27.1 Å². The number of halogens is 5. The third kappa shape index (κ3) is 5.31. The summed E-state index contributed by atoms with van der Waals surface area (Å²) in [5.41, 5.74) is 2.63. The van der Waals surface area contributed by atoms with Crippen molar-refractivity contribution in [1.29, 1.82) is 0 Å². The summed E-state index contributed by atoms with van der Waals surface area (Å²) < 4.78 is 34.4. The normalized spacial score (nSPS) is 11.7. The van der Waals surface area contributed by atoms with E-state index in [2.05, 4.69) is 4.98 Å². The third-order valence-electron chi connectivity index (χ3n) is 5.75. The largest absolute Gasteiger partial charge is 0.494 e. The molecule has 1 heterocycles. The van der Waals surface area contributed by atoms with Gasteiger partial charge < -0.3 is 4.74 Å². The van der Waals surface area contributed by atoms with Gasteiger partial charge in [-0.2, -0.15) is 0 Å². The minimum absolute atomic E-state index is 0.337. The molecule has 0 saturated heterocycles. The van der Waals surface area contributed by atoms with E-state index in [1.165, 1.54) is 43.1 Å². The maximum absolute atomic E-state index is 13.7. The molecule has 0 atom stereocenters. The van der Waals surface area contributed by atoms with E-state index in [-0.39, 0.29) is 5.82 Å². The number of rotatable bonds is 7. The maximum atomic E-state index is 13.7. The lowest BCUT2D eigenvalue weighted by molar-refractivity contribution is 0.414. The highest BCUT2D eigenvalue weighted by molar-refractivity contribution is 7.98. The van der Waals surface area contributed by atoms with Crippen LogP contribution in [0.5, 0.6) is 5.75 Å². The lowest BCUT2D eigenvalue weighted by Gasteiger charge is -2.28. The number of ether oxygens (including phenoxy) is 1. The molecule has 0 spiro atoms. The first kappa shape index (κ1) is 25.8. The van der Waals surface area contributed by atoms with Gasteiger partial charge in [-0.05, 0) is 59.7 Å². The molecule has 0 unspecified atom stereocenters. The van der Waals surface area contributed by atoms with Crippen LogP contribution in [0.15, 0.2) is 66.0 Å². The zero-order valence-electron chi connectivity index (χ0n) is 19.1. The molecule has 0 bridgehead atoms. The van der Waals surface area contributed by atoms with Crippen LogP contribution in [-0.2, 0) is 11.2 Å². The van der Waals surface area contributed by atoms with Crippen molar-refractivity contribution in [3.63, 3.8) is 0 Å². The molecule has 0 fully saturated rings. The van der Waals surface area contributed by atoms with Crippen molar-refractivity contribution in [3.05, 3.63) is 104 Å². The summed E-state index contributed by atoms with van der Waals surface area (Å²) in [5, 5.41) is 1.82. The second-order valence-electron chi connectivity index (χ2n) is 8.36. The highest BCUT2D eigenvalue weighted by Crippen LogP contribution is 2.42. The van der Waals surface area contributed by atoms with E-state index >= 15 is 0 Å². The van der Waals surface area contributed by atoms with Crippen molar-refractivity contribution in [2.24, 2.45) is 0 Å². The van der Waals surface area contributed by atoms with Crippen LogP contribution >= 0.6 is 46.6 Å². The molecule has 1 aromatic heterocycles. The zero-order chi connectivity index (χ0) is 25.3. The van der Waals surface area contributed by atoms with E-state index < -0.39 is 11.2 Å². The van der Waals surface area contributed by atoms with Crippen molar-refractivity contribution in [3.8, 4) is 11.4 Å². The molecule has 0 radical (unpaired) electrons. The Morgan fingerprint density at radius 1 is 0.914 bits per heavy atom. The molecule has 0 aliphatic heterocycles. The van der Waals surface area contributed by atoms with E-state index in [0.717, 1.165) is 22.5 Å². The molecular weight excluding hydrogens is 533 g/mol. The Labute approximate surface area is 222 Å². The molecule has 35 heavy (non-hydrogen) atoms. The molecule has 0 saturated carbocycles. The summed E-state index contributed by atoms with van der Waals surface area (Å²) in [6.45, 7) is 4.06. The van der Waals surface area contributed by atoms with Gasteiger partial charge in [0.25, 0.3) is 0 Å². The summed E-state index contributed by atoms with van der Waals surface area (Å²) in [5.74, 6) is 0.151. The van der Waals surface area contributed by atoms with Gasteiger partial charge in [-0.25, -0.2) is 13.8 Å². The van der Waals surface area contributed by atoms with Gasteiger partial charge in [0, 0.05) is 21.9 Å². The Kier molecular flexibility index (Phi) is 7.67. The van der Waals surface area contributed by atoms with E-state index in [1.807, 2.05) is 30.5 Å². The van der Waals surface area contributed by atoms with Crippen LogP contribution < -0.4 is 4.74 Å². The molecule has 4 rings (SSSR count). The number of imidazole rings is 1. The van der Waals surface area contributed by atoms with Gasteiger partial charge in [0.05, 0.1) is 29.0 Å². The molecule has 0 aliphatic rings. The van der Waals surface area contributed by atoms with E-state index in [1.54, 1.807) is 24.4 Å². The van der Waals surface area contributed by atoms with Crippen LogP contribution in [0.25, 0.3) is 5.69 Å². The monoisotopic (exact) mass is 552 g/mol. The van der Waals surface area contributed by atoms with Gasteiger partial charge in [-0.15, -0.1) is 0 Å². The number of methoxy groups -OCH3 is 1. The predicted octanol–water partition coefficient (Wildman–Crippen LogP) is 8.74. The summed E-state index contributed by atoms with van der Waals surface area (Å²) in [6, 6.07) is 14.1. The minimum Gasteiger partial charge on any atom is -0.494 e. The second kappa shape index (κ2) is 10.4. The average Bonchev–Trinajstić information content (AvgIpc) is 3.23. The van der Waals surface area contributed by atoms with E-state index in [4.69, 9.17) is 39.5 Å². The molecule has 3 nitrogen and oxygen atoms in total. The van der Waals surface area contributed by atoms with Crippen LogP contribution in [-0.4, -0.2) is 16.7 Å². The lowest BCUT2D eigenvalue weighted by Crippen LogP contribution is -2.23. The Morgan fingerprint density at radius 2 is 1.54 bits per heavy atom. The minimum atomic E-state index is -0.590. The summed E-state index contributed by atoms with van der Waals surface area (Å²) in [6.07, 6.45) is 1.78. The Morgan fingerprint density at radius 3 is 2.14 bits per heavy atom. The fourth-order valence-corrected chi connectivity index (χ4v) is 5.71. The number of benzene rings is 3. The molecular formula is C26H21Cl3F2N2OS. The van der Waals surface area contributed by atoms with Gasteiger partial charge >= 0.3 is 0 Å². The molecule has 0 N–H and O–H groups in total. The van der Waals surface area contributed by atoms with Crippen LogP contribution in [0.3, 0.4) is 0 Å². The first-order valence-electron chi connectivity index (χ1n) is 10.6. The highest BCUT2D eigenvalue weighted by atomic mass is 35.5. The van der Waals surface area contributed by atoms with Crippen LogP contribution in [0.2, 0.25) is 15.1 Å². The molecule has 3 aromatic carbocycles. The Bertz CT molecular complexity index is 1350. The summed E-state index contributed by atoms with van der Waals surface area (Å²) >= 11 is 20.5. The number of aromatic nitrogens is 2. The van der Waals surface area contributed by atoms with Crippen molar-refractivity contribution in [2.45, 2.75) is 30.2 Å². The molecule has 9 heteroatoms. The van der Waals surface area contributed by atoms with Gasteiger partial charge in [-0.3, -0.25) is 4.57 Å². The highest BCUT2D eigenvalue weighted by Gasteiger charge is 2.31. The van der Waals surface area contributed by atoms with Gasteiger partial charge in [0.1, 0.15) is 11.6 Å². The maximum Gasteiger partial charge on any atom is 0.173 e. The van der Waals surface area contributed by atoms with Gasteiger partial charge in [-0.1, -0.05) is 66.5 Å². The predicted molar refractivity (Wildman–Crippen MR) is 140 cm³/mol. The first-order chi connectivity index (χ1) is 16.6. The molecule has 182 valence electrons. The van der Waals surface area contributed by atoms with Gasteiger partial charge in [0.2, 0.25) is 0 Å². The quantitative estimate of drug-likeness (QED) is 0.214. The number of thioether (sulfide) groups is 1. The fourth-order valence-electron chi connectivity index (χ4n) is 3.76. The lowest BCUT2D eigenvalue weighted by atomic mass is 9.81. The van der Waals surface area contributed by atoms with Crippen molar-refractivity contribution >= 4 is 46.6 Å². The molecule has 0 aliphatic carbocycles. The zero-order valence-corrected chi connectivity index (χ0v) is 22.2. The SMILES string of the molecule is COc1c(Cl)cc(C(C)(C)c2cnc(SCc3ccc(F)cc3Cl)n2-c2ccc(F)cc2)cc1Cl. The standard InChI is InChI=1S/C26H21Cl3F2N2OS/c1-26(2,16-10-21(28)24(34-3)22(29)11-16)23-13-32-25(33(23)19-8-6-17(30)7-9-19)35-14-15-4-5-18(31)12-20(15)27/h4-13H,14H2,1-3H3. The smallest absolute Gasteiger partial charge is 0.173 e. The molecule has 0 amide bonds. The second-order valence-corrected chi connectivity index (χ2v) is 10.5. The Hall–Kier alpha value is -2.25. The summed E-state index contributed by atoms with van der Waals surface area (Å²) in [4.78, 5) is 4.67.